The van der Waals surface area contributed by atoms with Crippen molar-refractivity contribution in [3.05, 3.63) is 11.8 Å². The second-order valence-corrected chi connectivity index (χ2v) is 3.12. The van der Waals surface area contributed by atoms with Gasteiger partial charge in [0.1, 0.15) is 5.76 Å². The lowest BCUT2D eigenvalue weighted by molar-refractivity contribution is -0.131. The predicted octanol–water partition coefficient (Wildman–Crippen LogP) is 1.56. The van der Waals surface area contributed by atoms with Crippen LogP contribution in [0.2, 0.25) is 0 Å². The van der Waals surface area contributed by atoms with Gasteiger partial charge in [0.05, 0.1) is 6.08 Å². The number of allylic oxidation sites excluding steroid dienone is 1. The Morgan fingerprint density at radius 2 is 1.70 bits per heavy atom. The lowest BCUT2D eigenvalue weighted by atomic mass is 9.94. The average Bonchev–Trinajstić information content (AvgIpc) is 1.60. The zero-order valence-corrected chi connectivity index (χ0v) is 6.38. The summed E-state index contributed by atoms with van der Waals surface area (Å²) < 4.78 is 0. The first-order valence-electron chi connectivity index (χ1n) is 2.98. The quantitative estimate of drug-likeness (QED) is 0.433. The maximum absolute atomic E-state index is 10.0. The lowest BCUT2D eigenvalue weighted by Gasteiger charge is -2.15. The monoisotopic (exact) mass is 144 g/mol. The molecule has 0 saturated carbocycles. The third kappa shape index (κ3) is 3.12. The van der Waals surface area contributed by atoms with Crippen LogP contribution >= 0.6 is 0 Å². The van der Waals surface area contributed by atoms with Gasteiger partial charge in [-0.25, -0.2) is 4.79 Å². The molecular weight excluding hydrogens is 132 g/mol. The molecular formula is C7H12O3. The predicted molar refractivity (Wildman–Crippen MR) is 37.8 cm³/mol. The van der Waals surface area contributed by atoms with E-state index in [4.69, 9.17) is 10.2 Å². The molecule has 2 N–H and O–H groups in total. The smallest absolute Gasteiger partial charge is 0.331 e. The van der Waals surface area contributed by atoms with Gasteiger partial charge >= 0.3 is 5.97 Å². The van der Waals surface area contributed by atoms with Crippen LogP contribution in [0.1, 0.15) is 20.8 Å². The van der Waals surface area contributed by atoms with Crippen molar-refractivity contribution in [2.24, 2.45) is 5.41 Å². The Bertz CT molecular complexity index is 162. The van der Waals surface area contributed by atoms with Crippen LogP contribution in [0.3, 0.4) is 0 Å². The summed E-state index contributed by atoms with van der Waals surface area (Å²) in [5, 5.41) is 17.2. The van der Waals surface area contributed by atoms with Gasteiger partial charge in [0, 0.05) is 5.41 Å². The van der Waals surface area contributed by atoms with Crippen LogP contribution in [0.5, 0.6) is 0 Å². The molecule has 0 aromatic rings. The van der Waals surface area contributed by atoms with Crippen LogP contribution in [0, 0.1) is 5.41 Å². The summed E-state index contributed by atoms with van der Waals surface area (Å²) in [5.41, 5.74) is -0.474. The van der Waals surface area contributed by atoms with E-state index in [1.54, 1.807) is 20.8 Å². The number of aliphatic hydroxyl groups is 1. The number of aliphatic carboxylic acids is 1. The maximum Gasteiger partial charge on any atom is 0.331 e. The Balaban J connectivity index is 4.35. The summed E-state index contributed by atoms with van der Waals surface area (Å²) >= 11 is 0. The van der Waals surface area contributed by atoms with Crippen molar-refractivity contribution in [2.75, 3.05) is 0 Å². The minimum atomic E-state index is -1.12. The topological polar surface area (TPSA) is 57.5 Å². The maximum atomic E-state index is 10.0. The molecule has 58 valence electrons. The molecule has 0 saturated heterocycles. The fourth-order valence-corrected chi connectivity index (χ4v) is 0.333. The molecule has 0 spiro atoms. The number of aliphatic hydroxyl groups excluding tert-OH is 1. The van der Waals surface area contributed by atoms with Gasteiger partial charge in [0.2, 0.25) is 0 Å². The zero-order valence-electron chi connectivity index (χ0n) is 6.38. The highest BCUT2D eigenvalue weighted by molar-refractivity contribution is 5.80. The van der Waals surface area contributed by atoms with Crippen LogP contribution < -0.4 is 0 Å². The summed E-state index contributed by atoms with van der Waals surface area (Å²) in [6.45, 7) is 5.21. The van der Waals surface area contributed by atoms with Gasteiger partial charge < -0.3 is 10.2 Å². The van der Waals surface area contributed by atoms with Crippen molar-refractivity contribution in [1.29, 1.82) is 0 Å². The SMILES string of the molecule is CC(C)(C)/C(O)=C/C(=O)O. The van der Waals surface area contributed by atoms with Gasteiger partial charge in [0.25, 0.3) is 0 Å². The fourth-order valence-electron chi connectivity index (χ4n) is 0.333. The van der Waals surface area contributed by atoms with Crippen LogP contribution in [-0.2, 0) is 4.79 Å². The van der Waals surface area contributed by atoms with Crippen LogP contribution in [0.4, 0.5) is 0 Å². The van der Waals surface area contributed by atoms with E-state index in [0.717, 1.165) is 6.08 Å². The van der Waals surface area contributed by atoms with E-state index in [2.05, 4.69) is 0 Å². The molecule has 0 aliphatic carbocycles. The van der Waals surface area contributed by atoms with E-state index in [-0.39, 0.29) is 5.76 Å². The van der Waals surface area contributed by atoms with Crippen molar-refractivity contribution in [3.63, 3.8) is 0 Å². The third-order valence-electron chi connectivity index (χ3n) is 1.03. The van der Waals surface area contributed by atoms with E-state index >= 15 is 0 Å². The van der Waals surface area contributed by atoms with Gasteiger partial charge in [-0.1, -0.05) is 20.8 Å². The summed E-state index contributed by atoms with van der Waals surface area (Å²) in [5.74, 6) is -1.23. The molecule has 3 heteroatoms. The zero-order chi connectivity index (χ0) is 8.36. The van der Waals surface area contributed by atoms with Crippen molar-refractivity contribution < 1.29 is 15.0 Å². The lowest BCUT2D eigenvalue weighted by Crippen LogP contribution is -2.10. The van der Waals surface area contributed by atoms with Gasteiger partial charge in [-0.2, -0.15) is 0 Å². The Kier molecular flexibility index (Phi) is 2.46. The highest BCUT2D eigenvalue weighted by atomic mass is 16.4. The molecule has 0 aromatic carbocycles. The fraction of sp³-hybridized carbons (Fsp3) is 0.571. The van der Waals surface area contributed by atoms with Gasteiger partial charge in [0.15, 0.2) is 0 Å². The Hall–Kier alpha value is -0.990. The van der Waals surface area contributed by atoms with Crippen molar-refractivity contribution >= 4 is 5.97 Å². The summed E-state index contributed by atoms with van der Waals surface area (Å²) in [7, 11) is 0. The Morgan fingerprint density at radius 1 is 1.30 bits per heavy atom. The highest BCUT2D eigenvalue weighted by Crippen LogP contribution is 2.21. The molecule has 0 unspecified atom stereocenters. The van der Waals surface area contributed by atoms with E-state index in [1.165, 1.54) is 0 Å². The molecule has 0 aliphatic heterocycles. The molecule has 3 nitrogen and oxygen atoms in total. The van der Waals surface area contributed by atoms with Crippen molar-refractivity contribution in [2.45, 2.75) is 20.8 Å². The molecule has 10 heavy (non-hydrogen) atoms. The number of hydrogen-bond acceptors (Lipinski definition) is 2. The largest absolute Gasteiger partial charge is 0.511 e. The highest BCUT2D eigenvalue weighted by Gasteiger charge is 2.16. The third-order valence-corrected chi connectivity index (χ3v) is 1.03. The normalized spacial score (nSPS) is 13.3. The summed E-state index contributed by atoms with van der Waals surface area (Å²) in [6, 6.07) is 0. The number of carboxylic acids is 1. The van der Waals surface area contributed by atoms with Crippen LogP contribution in [0.25, 0.3) is 0 Å². The molecule has 0 aromatic heterocycles. The number of carboxylic acid groups (broad SMARTS) is 1. The van der Waals surface area contributed by atoms with Gasteiger partial charge in [-0.3, -0.25) is 0 Å². The Labute approximate surface area is 60.0 Å². The van der Waals surface area contributed by atoms with Crippen molar-refractivity contribution in [3.8, 4) is 0 Å². The van der Waals surface area contributed by atoms with Gasteiger partial charge in [-0.05, 0) is 0 Å². The van der Waals surface area contributed by atoms with E-state index in [0.29, 0.717) is 0 Å². The molecule has 0 atom stereocenters. The van der Waals surface area contributed by atoms with Crippen LogP contribution in [0.15, 0.2) is 11.8 Å². The molecule has 0 amide bonds. The summed E-state index contributed by atoms with van der Waals surface area (Å²) in [6.07, 6.45) is 0.806. The first-order valence-corrected chi connectivity index (χ1v) is 2.98. The molecule has 0 heterocycles. The second-order valence-electron chi connectivity index (χ2n) is 3.12. The molecule has 0 fully saturated rings. The van der Waals surface area contributed by atoms with Crippen LogP contribution in [-0.4, -0.2) is 16.2 Å². The molecule has 0 radical (unpaired) electrons. The van der Waals surface area contributed by atoms with Gasteiger partial charge in [-0.15, -0.1) is 0 Å². The molecule has 0 bridgehead atoms. The molecule has 0 rings (SSSR count). The summed E-state index contributed by atoms with van der Waals surface area (Å²) in [4.78, 5) is 10.0. The second kappa shape index (κ2) is 2.73. The van der Waals surface area contributed by atoms with E-state index in [9.17, 15) is 4.79 Å². The van der Waals surface area contributed by atoms with Crippen molar-refractivity contribution in [1.82, 2.24) is 0 Å². The van der Waals surface area contributed by atoms with E-state index in [1.807, 2.05) is 0 Å². The number of carbonyl (C=O) groups is 1. The van der Waals surface area contributed by atoms with E-state index < -0.39 is 11.4 Å². The first-order chi connectivity index (χ1) is 4.34. The first kappa shape index (κ1) is 9.01. The average molecular weight is 144 g/mol. The Morgan fingerprint density at radius 3 is 1.80 bits per heavy atom. The number of rotatable bonds is 1. The standard InChI is InChI=1S/C7H12O3/c1-7(2,3)5(8)4-6(9)10/h4,8H,1-3H3,(H,9,10)/b5-4-. The minimum absolute atomic E-state index is 0.111. The molecule has 0 aliphatic rings. The number of hydrogen-bond donors (Lipinski definition) is 2. The minimum Gasteiger partial charge on any atom is -0.511 e.